The average molecular weight is 512 g/mol. The van der Waals surface area contributed by atoms with E-state index in [1.54, 1.807) is 30.3 Å². The van der Waals surface area contributed by atoms with Crippen LogP contribution in [0.1, 0.15) is 22.3 Å². The average Bonchev–Trinajstić information content (AvgIpc) is 2.79. The minimum atomic E-state index is -0.516. The van der Waals surface area contributed by atoms with Gasteiger partial charge in [0, 0.05) is 11.6 Å². The highest BCUT2D eigenvalue weighted by atomic mass is 79.9. The number of hydrogen-bond acceptors (Lipinski definition) is 6. The molecule has 33 heavy (non-hydrogen) atoms. The summed E-state index contributed by atoms with van der Waals surface area (Å²) in [5, 5.41) is 15.0. The van der Waals surface area contributed by atoms with Crippen molar-refractivity contribution in [2.75, 3.05) is 7.11 Å². The van der Waals surface area contributed by atoms with Crippen molar-refractivity contribution in [1.82, 2.24) is 5.43 Å². The van der Waals surface area contributed by atoms with Gasteiger partial charge in [-0.1, -0.05) is 48.0 Å². The van der Waals surface area contributed by atoms with Crippen molar-refractivity contribution in [3.63, 3.8) is 0 Å². The van der Waals surface area contributed by atoms with Gasteiger partial charge in [0.25, 0.3) is 5.69 Å². The first-order valence-corrected chi connectivity index (χ1v) is 10.8. The van der Waals surface area contributed by atoms with Crippen LogP contribution >= 0.6 is 15.9 Å². The highest BCUT2D eigenvalue weighted by Gasteiger charge is 2.15. The number of methoxy groups -OCH3 is 1. The topological polar surface area (TPSA) is 103 Å². The van der Waals surface area contributed by atoms with Crippen molar-refractivity contribution < 1.29 is 19.2 Å². The summed E-state index contributed by atoms with van der Waals surface area (Å²) in [5.41, 5.74) is 5.46. The largest absolute Gasteiger partial charge is 0.493 e. The van der Waals surface area contributed by atoms with Crippen molar-refractivity contribution in [3.05, 3.63) is 97.5 Å². The van der Waals surface area contributed by atoms with E-state index in [1.165, 1.54) is 25.0 Å². The molecule has 0 atom stereocenters. The zero-order valence-electron chi connectivity index (χ0n) is 18.1. The summed E-state index contributed by atoms with van der Waals surface area (Å²) >= 11 is 3.49. The Kier molecular flexibility index (Phi) is 8.15. The molecule has 3 rings (SSSR count). The number of amides is 1. The van der Waals surface area contributed by atoms with Gasteiger partial charge in [-0.15, -0.1) is 0 Å². The van der Waals surface area contributed by atoms with Gasteiger partial charge in [-0.25, -0.2) is 5.43 Å². The van der Waals surface area contributed by atoms with E-state index in [0.717, 1.165) is 5.56 Å². The number of rotatable bonds is 9. The van der Waals surface area contributed by atoms with Crippen LogP contribution in [0.4, 0.5) is 5.69 Å². The van der Waals surface area contributed by atoms with Crippen LogP contribution in [0.25, 0.3) is 0 Å². The van der Waals surface area contributed by atoms with Gasteiger partial charge in [0.05, 0.1) is 29.1 Å². The van der Waals surface area contributed by atoms with E-state index in [0.29, 0.717) is 33.7 Å². The van der Waals surface area contributed by atoms with Crippen LogP contribution in [0.2, 0.25) is 0 Å². The molecule has 0 saturated carbocycles. The Morgan fingerprint density at radius 3 is 2.61 bits per heavy atom. The molecule has 0 aliphatic heterocycles. The van der Waals surface area contributed by atoms with Crippen LogP contribution in [-0.2, 0) is 17.8 Å². The van der Waals surface area contributed by atoms with Gasteiger partial charge in [0.2, 0.25) is 5.91 Å². The van der Waals surface area contributed by atoms with Crippen LogP contribution in [0.5, 0.6) is 11.5 Å². The fraction of sp³-hybridized carbons (Fsp3) is 0.167. The number of carbonyl (C=O) groups excluding carboxylic acids is 1. The Hall–Kier alpha value is -3.72. The lowest BCUT2D eigenvalue weighted by Crippen LogP contribution is -2.20. The Morgan fingerprint density at radius 1 is 1.18 bits per heavy atom. The van der Waals surface area contributed by atoms with Gasteiger partial charge in [-0.05, 0) is 46.1 Å². The molecule has 0 spiro atoms. The zero-order chi connectivity index (χ0) is 23.8. The summed E-state index contributed by atoms with van der Waals surface area (Å²) in [7, 11) is 1.54. The summed E-state index contributed by atoms with van der Waals surface area (Å²) in [4.78, 5) is 22.7. The first-order valence-electron chi connectivity index (χ1n) is 9.97. The van der Waals surface area contributed by atoms with E-state index < -0.39 is 10.8 Å². The lowest BCUT2D eigenvalue weighted by atomic mass is 10.1. The summed E-state index contributed by atoms with van der Waals surface area (Å²) < 4.78 is 12.1. The van der Waals surface area contributed by atoms with Crippen LogP contribution in [0.3, 0.4) is 0 Å². The first kappa shape index (κ1) is 23.9. The molecule has 8 nitrogen and oxygen atoms in total. The molecule has 0 aromatic heterocycles. The molecule has 0 aliphatic carbocycles. The third kappa shape index (κ3) is 6.63. The maximum Gasteiger partial charge on any atom is 0.273 e. The molecule has 3 aromatic rings. The van der Waals surface area contributed by atoms with Crippen molar-refractivity contribution in [1.29, 1.82) is 0 Å². The second kappa shape index (κ2) is 11.2. The van der Waals surface area contributed by atoms with E-state index in [-0.39, 0.29) is 12.1 Å². The molecule has 0 fully saturated rings. The number of halogens is 1. The number of para-hydroxylation sites is 1. The predicted molar refractivity (Wildman–Crippen MR) is 129 cm³/mol. The van der Waals surface area contributed by atoms with Crippen molar-refractivity contribution >= 4 is 33.7 Å². The van der Waals surface area contributed by atoms with Crippen molar-refractivity contribution in [2.45, 2.75) is 20.0 Å². The Bertz CT molecular complexity index is 1180. The SMILES string of the molecule is COc1cc(/C=N/NC(=O)Cc2ccccc2[N+](=O)[O-])cc(Br)c1OCc1ccc(C)cc1. The number of benzene rings is 3. The number of nitrogens with zero attached hydrogens (tertiary/aromatic N) is 2. The highest BCUT2D eigenvalue weighted by Crippen LogP contribution is 2.36. The monoisotopic (exact) mass is 511 g/mol. The minimum Gasteiger partial charge on any atom is -0.493 e. The molecule has 9 heteroatoms. The molecule has 0 aliphatic rings. The maximum atomic E-state index is 12.2. The number of carbonyl (C=O) groups is 1. The molecular formula is C24H22BrN3O5. The molecule has 0 saturated heterocycles. The van der Waals surface area contributed by atoms with E-state index in [9.17, 15) is 14.9 Å². The van der Waals surface area contributed by atoms with Gasteiger partial charge in [-0.2, -0.15) is 5.10 Å². The molecule has 1 amide bonds. The normalized spacial score (nSPS) is 10.8. The maximum absolute atomic E-state index is 12.2. The van der Waals surface area contributed by atoms with Gasteiger partial charge >= 0.3 is 0 Å². The van der Waals surface area contributed by atoms with Crippen LogP contribution in [0, 0.1) is 17.0 Å². The van der Waals surface area contributed by atoms with E-state index >= 15 is 0 Å². The van der Waals surface area contributed by atoms with Gasteiger partial charge in [-0.3, -0.25) is 14.9 Å². The second-order valence-electron chi connectivity index (χ2n) is 7.16. The standard InChI is InChI=1S/C24H22BrN3O5/c1-16-7-9-17(10-8-16)15-33-24-20(25)11-18(12-22(24)32-2)14-26-27-23(29)13-19-5-3-4-6-21(19)28(30)31/h3-12,14H,13,15H2,1-2H3,(H,27,29)/b26-14+. The minimum absolute atomic E-state index is 0.105. The van der Waals surface area contributed by atoms with Crippen LogP contribution in [-0.4, -0.2) is 24.2 Å². The van der Waals surface area contributed by atoms with Crippen molar-refractivity contribution in [2.24, 2.45) is 5.10 Å². The van der Waals surface area contributed by atoms with Gasteiger partial charge < -0.3 is 9.47 Å². The molecule has 0 bridgehead atoms. The number of hydrogen-bond donors (Lipinski definition) is 1. The number of nitrogens with one attached hydrogen (secondary N) is 1. The second-order valence-corrected chi connectivity index (χ2v) is 8.02. The molecule has 0 radical (unpaired) electrons. The molecule has 0 unspecified atom stereocenters. The predicted octanol–water partition coefficient (Wildman–Crippen LogP) is 4.95. The molecule has 3 aromatic carbocycles. The number of ether oxygens (including phenoxy) is 2. The van der Waals surface area contributed by atoms with Crippen LogP contribution in [0.15, 0.2) is 70.2 Å². The van der Waals surface area contributed by atoms with E-state index in [1.807, 2.05) is 31.2 Å². The molecule has 170 valence electrons. The van der Waals surface area contributed by atoms with E-state index in [2.05, 4.69) is 26.5 Å². The zero-order valence-corrected chi connectivity index (χ0v) is 19.7. The quantitative estimate of drug-likeness (QED) is 0.248. The summed E-state index contributed by atoms with van der Waals surface area (Å²) in [6, 6.07) is 17.7. The summed E-state index contributed by atoms with van der Waals surface area (Å²) in [5.74, 6) is 0.587. The summed E-state index contributed by atoms with van der Waals surface area (Å²) in [6.45, 7) is 2.41. The smallest absolute Gasteiger partial charge is 0.273 e. The fourth-order valence-electron chi connectivity index (χ4n) is 3.02. The van der Waals surface area contributed by atoms with Gasteiger partial charge in [0.15, 0.2) is 11.5 Å². The number of nitro groups is 1. The number of aryl methyl sites for hydroxylation is 1. The number of nitro benzene ring substituents is 1. The first-order chi connectivity index (χ1) is 15.9. The molecule has 1 N–H and O–H groups in total. The van der Waals surface area contributed by atoms with Gasteiger partial charge in [0.1, 0.15) is 6.61 Å². The third-order valence-corrected chi connectivity index (χ3v) is 5.29. The number of hydrazone groups is 1. The third-order valence-electron chi connectivity index (χ3n) is 4.70. The highest BCUT2D eigenvalue weighted by molar-refractivity contribution is 9.10. The lowest BCUT2D eigenvalue weighted by molar-refractivity contribution is -0.385. The molecule has 0 heterocycles. The van der Waals surface area contributed by atoms with Crippen LogP contribution < -0.4 is 14.9 Å². The fourth-order valence-corrected chi connectivity index (χ4v) is 3.60. The molecular weight excluding hydrogens is 490 g/mol. The summed E-state index contributed by atoms with van der Waals surface area (Å²) in [6.07, 6.45) is 1.29. The van der Waals surface area contributed by atoms with E-state index in [4.69, 9.17) is 9.47 Å². The lowest BCUT2D eigenvalue weighted by Gasteiger charge is -2.13. The van der Waals surface area contributed by atoms with Crippen molar-refractivity contribution in [3.8, 4) is 11.5 Å². The Morgan fingerprint density at radius 2 is 1.91 bits per heavy atom. The Labute approximate surface area is 199 Å². The Balaban J connectivity index is 1.65.